The lowest BCUT2D eigenvalue weighted by molar-refractivity contribution is -0.140. The van der Waals surface area contributed by atoms with Gasteiger partial charge in [-0.2, -0.15) is 0 Å². The van der Waals surface area contributed by atoms with Gasteiger partial charge in [-0.3, -0.25) is 9.59 Å². The molecule has 0 N–H and O–H groups in total. The molecule has 1 fully saturated rings. The lowest BCUT2D eigenvalue weighted by atomic mass is 10.0. The average molecular weight is 332 g/mol. The summed E-state index contributed by atoms with van der Waals surface area (Å²) in [4.78, 5) is 27.9. The second kappa shape index (κ2) is 8.71. The first-order chi connectivity index (χ1) is 11.5. The number of carbonyl (C=O) groups excluding carboxylic acids is 2. The van der Waals surface area contributed by atoms with Crippen LogP contribution in [0.15, 0.2) is 24.3 Å². The largest absolute Gasteiger partial charge is 0.497 e. The first-order valence-corrected chi connectivity index (χ1v) is 8.66. The third-order valence-corrected chi connectivity index (χ3v) is 4.59. The van der Waals surface area contributed by atoms with Crippen LogP contribution in [0.3, 0.4) is 0 Å². The van der Waals surface area contributed by atoms with Crippen LogP contribution in [0, 0.1) is 5.92 Å². The Kier molecular flexibility index (Phi) is 6.64. The summed E-state index contributed by atoms with van der Waals surface area (Å²) in [5, 5.41) is 0. The summed E-state index contributed by atoms with van der Waals surface area (Å²) in [7, 11) is 1.64. The predicted octanol–water partition coefficient (Wildman–Crippen LogP) is 2.34. The van der Waals surface area contributed by atoms with Crippen LogP contribution in [0.4, 0.5) is 0 Å². The van der Waals surface area contributed by atoms with Crippen molar-refractivity contribution >= 4 is 11.8 Å². The van der Waals surface area contributed by atoms with Gasteiger partial charge >= 0.3 is 0 Å². The molecule has 1 unspecified atom stereocenters. The van der Waals surface area contributed by atoms with Gasteiger partial charge in [-0.05, 0) is 42.9 Å². The van der Waals surface area contributed by atoms with Gasteiger partial charge in [-0.25, -0.2) is 0 Å². The number of ether oxygens (including phenoxy) is 1. The van der Waals surface area contributed by atoms with E-state index in [-0.39, 0.29) is 18.4 Å². The first-order valence-electron chi connectivity index (χ1n) is 8.66. The van der Waals surface area contributed by atoms with Crippen LogP contribution in [-0.4, -0.2) is 54.9 Å². The number of likely N-dealkylation sites (tertiary alicyclic amines) is 1. The highest BCUT2D eigenvalue weighted by Crippen LogP contribution is 2.16. The number of carbonyl (C=O) groups is 2. The Morgan fingerprint density at radius 1 is 1.38 bits per heavy atom. The van der Waals surface area contributed by atoms with Crippen molar-refractivity contribution in [3.05, 3.63) is 29.8 Å². The van der Waals surface area contributed by atoms with Crippen molar-refractivity contribution in [2.45, 2.75) is 33.1 Å². The van der Waals surface area contributed by atoms with Crippen molar-refractivity contribution in [3.63, 3.8) is 0 Å². The number of nitrogens with zero attached hydrogens (tertiary/aromatic N) is 2. The SMILES string of the molecule is COc1cccc(CCN(CC(=O)N2CCCC(C)C2)C(C)=O)c1. The molecule has 0 bridgehead atoms. The molecule has 0 radical (unpaired) electrons. The lowest BCUT2D eigenvalue weighted by Gasteiger charge is -2.32. The molecule has 1 aliphatic heterocycles. The van der Waals surface area contributed by atoms with Crippen LogP contribution in [0.1, 0.15) is 32.3 Å². The van der Waals surface area contributed by atoms with Crippen LogP contribution in [0.2, 0.25) is 0 Å². The maximum Gasteiger partial charge on any atom is 0.242 e. The fourth-order valence-electron chi connectivity index (χ4n) is 3.12. The summed E-state index contributed by atoms with van der Waals surface area (Å²) in [6.45, 7) is 6.03. The third kappa shape index (κ3) is 5.25. The van der Waals surface area contributed by atoms with Gasteiger partial charge in [-0.1, -0.05) is 19.1 Å². The number of piperidine rings is 1. The van der Waals surface area contributed by atoms with E-state index >= 15 is 0 Å². The minimum atomic E-state index is -0.0590. The van der Waals surface area contributed by atoms with Crippen molar-refractivity contribution in [1.29, 1.82) is 0 Å². The molecule has 1 atom stereocenters. The zero-order valence-electron chi connectivity index (χ0n) is 15.0. The van der Waals surface area contributed by atoms with E-state index in [4.69, 9.17) is 4.74 Å². The second-order valence-corrected chi connectivity index (χ2v) is 6.63. The smallest absolute Gasteiger partial charge is 0.242 e. The van der Waals surface area contributed by atoms with E-state index in [0.717, 1.165) is 30.8 Å². The Labute approximate surface area is 144 Å². The zero-order chi connectivity index (χ0) is 17.5. The topological polar surface area (TPSA) is 49.9 Å². The highest BCUT2D eigenvalue weighted by atomic mass is 16.5. The van der Waals surface area contributed by atoms with E-state index in [9.17, 15) is 9.59 Å². The minimum Gasteiger partial charge on any atom is -0.497 e. The highest BCUT2D eigenvalue weighted by molar-refractivity contribution is 5.83. The molecule has 2 rings (SSSR count). The van der Waals surface area contributed by atoms with Crippen LogP contribution in [0.25, 0.3) is 0 Å². The summed E-state index contributed by atoms with van der Waals surface area (Å²) in [6.07, 6.45) is 2.94. The minimum absolute atomic E-state index is 0.0578. The van der Waals surface area contributed by atoms with Gasteiger partial charge in [0.15, 0.2) is 0 Å². The Hall–Kier alpha value is -2.04. The van der Waals surface area contributed by atoms with Gasteiger partial charge in [-0.15, -0.1) is 0 Å². The summed E-state index contributed by atoms with van der Waals surface area (Å²) in [5.41, 5.74) is 1.10. The summed E-state index contributed by atoms with van der Waals surface area (Å²) in [6, 6.07) is 7.81. The first kappa shape index (κ1) is 18.3. The number of hydrogen-bond donors (Lipinski definition) is 0. The molecule has 0 aliphatic carbocycles. The van der Waals surface area contributed by atoms with Crippen molar-refractivity contribution in [3.8, 4) is 5.75 Å². The monoisotopic (exact) mass is 332 g/mol. The molecule has 5 heteroatoms. The maximum absolute atomic E-state index is 12.5. The summed E-state index contributed by atoms with van der Waals surface area (Å²) < 4.78 is 5.22. The molecule has 0 spiro atoms. The molecule has 1 aromatic carbocycles. The highest BCUT2D eigenvalue weighted by Gasteiger charge is 2.23. The van der Waals surface area contributed by atoms with Crippen LogP contribution in [-0.2, 0) is 16.0 Å². The molecule has 2 amide bonds. The Balaban J connectivity index is 1.91. The fourth-order valence-corrected chi connectivity index (χ4v) is 3.12. The normalized spacial score (nSPS) is 17.5. The van der Waals surface area contributed by atoms with Crippen LogP contribution >= 0.6 is 0 Å². The number of benzene rings is 1. The van der Waals surface area contributed by atoms with Crippen LogP contribution < -0.4 is 4.74 Å². The standard InChI is InChI=1S/C19H28N2O3/c1-15-6-5-10-21(13-15)19(23)14-20(16(2)22)11-9-17-7-4-8-18(12-17)24-3/h4,7-8,12,15H,5-6,9-11,13-14H2,1-3H3. The number of methoxy groups -OCH3 is 1. The molecule has 24 heavy (non-hydrogen) atoms. The molecule has 1 saturated heterocycles. The van der Waals surface area contributed by atoms with E-state index < -0.39 is 0 Å². The number of rotatable bonds is 6. The second-order valence-electron chi connectivity index (χ2n) is 6.63. The molecular weight excluding hydrogens is 304 g/mol. The molecule has 1 heterocycles. The van der Waals surface area contributed by atoms with Gasteiger partial charge in [0, 0.05) is 26.6 Å². The fraction of sp³-hybridized carbons (Fsp3) is 0.579. The summed E-state index contributed by atoms with van der Waals surface area (Å²) >= 11 is 0. The van der Waals surface area contributed by atoms with Gasteiger partial charge in [0.05, 0.1) is 13.7 Å². The number of hydrogen-bond acceptors (Lipinski definition) is 3. The molecule has 0 saturated carbocycles. The molecule has 1 aliphatic rings. The van der Waals surface area contributed by atoms with Crippen molar-refractivity contribution in [2.24, 2.45) is 5.92 Å². The Bertz CT molecular complexity index is 573. The van der Waals surface area contributed by atoms with E-state index in [1.165, 1.54) is 13.3 Å². The molecule has 5 nitrogen and oxygen atoms in total. The lowest BCUT2D eigenvalue weighted by Crippen LogP contribution is -2.46. The van der Waals surface area contributed by atoms with Crippen LogP contribution in [0.5, 0.6) is 5.75 Å². The quantitative estimate of drug-likeness (QED) is 0.803. The predicted molar refractivity (Wildman–Crippen MR) is 93.9 cm³/mol. The third-order valence-electron chi connectivity index (χ3n) is 4.59. The molecule has 132 valence electrons. The maximum atomic E-state index is 12.5. The molecule has 0 aromatic heterocycles. The Morgan fingerprint density at radius 2 is 2.17 bits per heavy atom. The van der Waals surface area contributed by atoms with Crippen molar-refractivity contribution in [2.75, 3.05) is 33.3 Å². The molecule has 1 aromatic rings. The number of amides is 2. The Morgan fingerprint density at radius 3 is 2.83 bits per heavy atom. The van der Waals surface area contributed by atoms with Gasteiger partial charge < -0.3 is 14.5 Å². The van der Waals surface area contributed by atoms with Gasteiger partial charge in [0.1, 0.15) is 5.75 Å². The van der Waals surface area contributed by atoms with E-state index in [2.05, 4.69) is 6.92 Å². The zero-order valence-corrected chi connectivity index (χ0v) is 15.0. The van der Waals surface area contributed by atoms with Crippen molar-refractivity contribution in [1.82, 2.24) is 9.80 Å². The molecular formula is C19H28N2O3. The average Bonchev–Trinajstić information content (AvgIpc) is 2.58. The van der Waals surface area contributed by atoms with E-state index in [1.54, 1.807) is 12.0 Å². The van der Waals surface area contributed by atoms with Gasteiger partial charge in [0.25, 0.3) is 0 Å². The van der Waals surface area contributed by atoms with Crippen molar-refractivity contribution < 1.29 is 14.3 Å². The van der Waals surface area contributed by atoms with Gasteiger partial charge in [0.2, 0.25) is 11.8 Å². The van der Waals surface area contributed by atoms with E-state index in [0.29, 0.717) is 18.9 Å². The van der Waals surface area contributed by atoms with E-state index in [1.807, 2.05) is 29.2 Å². The summed E-state index contributed by atoms with van der Waals surface area (Å²) in [5.74, 6) is 1.35.